The highest BCUT2D eigenvalue weighted by Gasteiger charge is 2.28. The van der Waals surface area contributed by atoms with E-state index in [4.69, 9.17) is 0 Å². The van der Waals surface area contributed by atoms with Gasteiger partial charge >= 0.3 is 14.0 Å². The van der Waals surface area contributed by atoms with E-state index in [1.54, 1.807) is 0 Å². The first-order chi connectivity index (χ1) is 9.54. The van der Waals surface area contributed by atoms with Gasteiger partial charge in [0.05, 0.1) is 0 Å². The van der Waals surface area contributed by atoms with Crippen molar-refractivity contribution in [1.82, 2.24) is 9.78 Å². The maximum absolute atomic E-state index is 13.8. The Kier molecular flexibility index (Phi) is 3.93. The predicted octanol–water partition coefficient (Wildman–Crippen LogP) is 0.202. The molecule has 1 aromatic heterocycles. The van der Waals surface area contributed by atoms with E-state index < -0.39 is 29.2 Å². The molecule has 0 saturated carbocycles. The number of aromatic nitrogens is 2. The van der Waals surface area contributed by atoms with Gasteiger partial charge in [-0.3, -0.25) is 9.59 Å². The van der Waals surface area contributed by atoms with Gasteiger partial charge in [0.1, 0.15) is 11.6 Å². The minimum atomic E-state index is -1.41. The molecule has 20 heavy (non-hydrogen) atoms. The van der Waals surface area contributed by atoms with Gasteiger partial charge in [0.25, 0.3) is 5.56 Å². The summed E-state index contributed by atoms with van der Waals surface area (Å²) in [5, 5.41) is 3.73. The zero-order chi connectivity index (χ0) is 14.7. The van der Waals surface area contributed by atoms with E-state index in [-0.39, 0.29) is 5.56 Å². The molecule has 2 aromatic rings. The highest BCUT2D eigenvalue weighted by atomic mass is 19.1. The standard InChI is InChI=1S/C12H9BF2N2O3/c13-20-12(19)11(17-10(18)2-1-5-16-17)8-4-3-7(14)6-9(8)15/h1-6,11H,13H2. The van der Waals surface area contributed by atoms with Crippen LogP contribution in [0, 0.1) is 11.6 Å². The molecule has 1 heterocycles. The first-order valence-corrected chi connectivity index (χ1v) is 5.61. The van der Waals surface area contributed by atoms with E-state index in [9.17, 15) is 18.4 Å². The van der Waals surface area contributed by atoms with Crippen LogP contribution in [0.2, 0.25) is 0 Å². The van der Waals surface area contributed by atoms with Crippen LogP contribution in [0.1, 0.15) is 11.6 Å². The van der Waals surface area contributed by atoms with Gasteiger partial charge < -0.3 is 4.65 Å². The summed E-state index contributed by atoms with van der Waals surface area (Å²) in [4.78, 5) is 23.5. The minimum absolute atomic E-state index is 0.195. The van der Waals surface area contributed by atoms with E-state index in [1.807, 2.05) is 0 Å². The Hall–Kier alpha value is -2.51. The Balaban J connectivity index is 2.62. The summed E-state index contributed by atoms with van der Waals surface area (Å²) in [5.74, 6) is -2.63. The molecule has 5 nitrogen and oxygen atoms in total. The van der Waals surface area contributed by atoms with Crippen LogP contribution in [0.4, 0.5) is 8.78 Å². The lowest BCUT2D eigenvalue weighted by molar-refractivity contribution is -0.137. The van der Waals surface area contributed by atoms with Gasteiger partial charge in [0, 0.05) is 23.9 Å². The van der Waals surface area contributed by atoms with E-state index in [0.29, 0.717) is 6.07 Å². The molecular weight excluding hydrogens is 269 g/mol. The number of carbonyl (C=O) groups excluding carboxylic acids is 1. The first-order valence-electron chi connectivity index (χ1n) is 5.61. The molecule has 0 spiro atoms. The highest BCUT2D eigenvalue weighted by molar-refractivity contribution is 6.06. The smallest absolute Gasteiger partial charge is 0.326 e. The number of hydrogen-bond acceptors (Lipinski definition) is 4. The van der Waals surface area contributed by atoms with Gasteiger partial charge in [-0.05, 0) is 12.1 Å². The summed E-state index contributed by atoms with van der Waals surface area (Å²) in [6.45, 7) is 0. The molecule has 102 valence electrons. The molecule has 1 atom stereocenters. The van der Waals surface area contributed by atoms with E-state index in [1.165, 1.54) is 18.3 Å². The third-order valence-corrected chi connectivity index (χ3v) is 2.67. The van der Waals surface area contributed by atoms with Crippen molar-refractivity contribution in [2.75, 3.05) is 0 Å². The van der Waals surface area contributed by atoms with Crippen molar-refractivity contribution >= 4 is 14.0 Å². The molecule has 0 fully saturated rings. The van der Waals surface area contributed by atoms with Crippen LogP contribution in [0.15, 0.2) is 41.3 Å². The Morgan fingerprint density at radius 3 is 2.70 bits per heavy atom. The van der Waals surface area contributed by atoms with E-state index in [2.05, 4.69) is 9.75 Å². The zero-order valence-electron chi connectivity index (χ0n) is 10.4. The maximum atomic E-state index is 13.8. The molecule has 0 aliphatic heterocycles. The van der Waals surface area contributed by atoms with Crippen LogP contribution in [-0.2, 0) is 9.45 Å². The number of rotatable bonds is 3. The summed E-state index contributed by atoms with van der Waals surface area (Å²) in [6.07, 6.45) is 1.28. The second-order valence-corrected chi connectivity index (χ2v) is 3.90. The van der Waals surface area contributed by atoms with Crippen molar-refractivity contribution in [2.24, 2.45) is 0 Å². The number of halogens is 2. The average molecular weight is 278 g/mol. The van der Waals surface area contributed by atoms with Gasteiger partial charge in [-0.2, -0.15) is 5.10 Å². The van der Waals surface area contributed by atoms with Gasteiger partial charge in [-0.1, -0.05) is 6.07 Å². The molecule has 0 radical (unpaired) electrons. The average Bonchev–Trinajstić information content (AvgIpc) is 2.43. The summed E-state index contributed by atoms with van der Waals surface area (Å²) >= 11 is 0. The molecule has 0 N–H and O–H groups in total. The van der Waals surface area contributed by atoms with Crippen molar-refractivity contribution in [2.45, 2.75) is 6.04 Å². The van der Waals surface area contributed by atoms with Crippen molar-refractivity contribution in [3.05, 3.63) is 64.1 Å². The minimum Gasteiger partial charge on any atom is -0.542 e. The molecular formula is C12H9BF2N2O3. The fourth-order valence-electron chi connectivity index (χ4n) is 1.76. The fourth-order valence-corrected chi connectivity index (χ4v) is 1.76. The van der Waals surface area contributed by atoms with Gasteiger partial charge in [0.15, 0.2) is 6.04 Å². The molecule has 8 heteroatoms. The third-order valence-electron chi connectivity index (χ3n) is 2.67. The summed E-state index contributed by atoms with van der Waals surface area (Å²) in [7, 11) is 1.10. The number of carbonyl (C=O) groups is 1. The normalized spacial score (nSPS) is 11.9. The third kappa shape index (κ3) is 2.58. The highest BCUT2D eigenvalue weighted by Crippen LogP contribution is 2.21. The predicted molar refractivity (Wildman–Crippen MR) is 67.6 cm³/mol. The Bertz CT molecular complexity index is 705. The molecule has 0 amide bonds. The van der Waals surface area contributed by atoms with Crippen LogP contribution in [0.5, 0.6) is 0 Å². The zero-order valence-corrected chi connectivity index (χ0v) is 10.4. The van der Waals surface area contributed by atoms with E-state index >= 15 is 0 Å². The first kappa shape index (κ1) is 13.9. The summed E-state index contributed by atoms with van der Waals surface area (Å²) in [6, 6.07) is 3.84. The van der Waals surface area contributed by atoms with Gasteiger partial charge in [0.2, 0.25) is 0 Å². The molecule has 0 aliphatic rings. The van der Waals surface area contributed by atoms with E-state index in [0.717, 1.165) is 24.9 Å². The van der Waals surface area contributed by atoms with Crippen molar-refractivity contribution in [1.29, 1.82) is 0 Å². The molecule has 0 aliphatic carbocycles. The van der Waals surface area contributed by atoms with Crippen LogP contribution < -0.4 is 5.56 Å². The Labute approximate surface area is 113 Å². The van der Waals surface area contributed by atoms with Crippen LogP contribution >= 0.6 is 0 Å². The van der Waals surface area contributed by atoms with Crippen molar-refractivity contribution in [3.8, 4) is 0 Å². The summed E-state index contributed by atoms with van der Waals surface area (Å²) < 4.78 is 32.1. The molecule has 0 bridgehead atoms. The monoisotopic (exact) mass is 278 g/mol. The topological polar surface area (TPSA) is 61.2 Å². The second kappa shape index (κ2) is 5.64. The van der Waals surface area contributed by atoms with Crippen molar-refractivity contribution in [3.63, 3.8) is 0 Å². The fraction of sp³-hybridized carbons (Fsp3) is 0.0833. The molecule has 1 unspecified atom stereocenters. The van der Waals surface area contributed by atoms with Crippen LogP contribution in [0.25, 0.3) is 0 Å². The molecule has 2 rings (SSSR count). The largest absolute Gasteiger partial charge is 0.542 e. The SMILES string of the molecule is BOC(=O)C(c1ccc(F)cc1F)n1ncccc1=O. The van der Waals surface area contributed by atoms with Crippen LogP contribution in [0.3, 0.4) is 0 Å². The molecule has 0 saturated heterocycles. The number of benzene rings is 1. The maximum Gasteiger partial charge on any atom is 0.326 e. The number of nitrogens with zero attached hydrogens (tertiary/aromatic N) is 2. The lowest BCUT2D eigenvalue weighted by atomic mass is 10.1. The van der Waals surface area contributed by atoms with Crippen molar-refractivity contribution < 1.29 is 18.2 Å². The quantitative estimate of drug-likeness (QED) is 0.753. The lowest BCUT2D eigenvalue weighted by Gasteiger charge is -2.17. The summed E-state index contributed by atoms with van der Waals surface area (Å²) in [5.41, 5.74) is -0.800. The Morgan fingerprint density at radius 2 is 2.10 bits per heavy atom. The lowest BCUT2D eigenvalue weighted by Crippen LogP contribution is -2.33. The van der Waals surface area contributed by atoms with Gasteiger partial charge in [-0.25, -0.2) is 13.5 Å². The Morgan fingerprint density at radius 1 is 1.35 bits per heavy atom. The molecule has 1 aromatic carbocycles. The number of hydrogen-bond donors (Lipinski definition) is 0. The second-order valence-electron chi connectivity index (χ2n) is 3.90. The van der Waals surface area contributed by atoms with Crippen LogP contribution in [-0.4, -0.2) is 23.8 Å². The van der Waals surface area contributed by atoms with Gasteiger partial charge in [-0.15, -0.1) is 0 Å².